The van der Waals surface area contributed by atoms with E-state index in [0.29, 0.717) is 0 Å². The summed E-state index contributed by atoms with van der Waals surface area (Å²) < 4.78 is 0. The summed E-state index contributed by atoms with van der Waals surface area (Å²) >= 11 is 0. The minimum atomic E-state index is 0.278. The molecule has 0 unspecified atom stereocenters. The fourth-order valence-electron chi connectivity index (χ4n) is 6.92. The van der Waals surface area contributed by atoms with Gasteiger partial charge in [-0.15, -0.1) is 0 Å². The summed E-state index contributed by atoms with van der Waals surface area (Å²) in [5.41, 5.74) is 4.15. The van der Waals surface area contributed by atoms with E-state index in [1.807, 2.05) is 0 Å². The predicted molar refractivity (Wildman–Crippen MR) is 131 cm³/mol. The number of nitrogens with zero attached hydrogens (tertiary/aromatic N) is 2. The molecule has 1 aromatic rings. The van der Waals surface area contributed by atoms with Crippen LogP contribution in [0.2, 0.25) is 0 Å². The maximum Gasteiger partial charge on any atom is 0.0158 e. The smallest absolute Gasteiger partial charge is 0.0158 e. The van der Waals surface area contributed by atoms with Crippen LogP contribution in [0.3, 0.4) is 0 Å². The van der Waals surface area contributed by atoms with Crippen LogP contribution in [0.4, 0.5) is 0 Å². The van der Waals surface area contributed by atoms with E-state index in [2.05, 4.69) is 104 Å². The highest BCUT2D eigenvalue weighted by Crippen LogP contribution is 2.42. The van der Waals surface area contributed by atoms with Crippen LogP contribution in [-0.2, 0) is 12.8 Å². The van der Waals surface area contributed by atoms with Crippen LogP contribution in [0.15, 0.2) is 24.3 Å². The Labute approximate surface area is 187 Å². The van der Waals surface area contributed by atoms with Crippen molar-refractivity contribution < 1.29 is 0 Å². The zero-order valence-corrected chi connectivity index (χ0v) is 21.6. The van der Waals surface area contributed by atoms with E-state index >= 15 is 0 Å². The Bertz CT molecular complexity index is 627. The van der Waals surface area contributed by atoms with Crippen LogP contribution in [0, 0.1) is 11.8 Å². The molecule has 2 aliphatic heterocycles. The lowest BCUT2D eigenvalue weighted by Gasteiger charge is -2.54. The van der Waals surface area contributed by atoms with Crippen molar-refractivity contribution in [3.05, 3.63) is 35.4 Å². The summed E-state index contributed by atoms with van der Waals surface area (Å²) in [6, 6.07) is 9.66. The van der Waals surface area contributed by atoms with Gasteiger partial charge in [-0.2, -0.15) is 0 Å². The molecule has 0 spiro atoms. The summed E-state index contributed by atoms with van der Waals surface area (Å²) in [6.07, 6.45) is 7.58. The second kappa shape index (κ2) is 7.93. The van der Waals surface area contributed by atoms with E-state index in [-0.39, 0.29) is 22.2 Å². The van der Waals surface area contributed by atoms with Crippen molar-refractivity contribution >= 4 is 0 Å². The number of piperidine rings is 2. The van der Waals surface area contributed by atoms with Crippen molar-refractivity contribution in [2.75, 3.05) is 14.1 Å². The molecule has 0 aromatic heterocycles. The van der Waals surface area contributed by atoms with Gasteiger partial charge in [-0.25, -0.2) is 0 Å². The summed E-state index contributed by atoms with van der Waals surface area (Å²) in [6.45, 7) is 19.3. The van der Waals surface area contributed by atoms with E-state index in [1.165, 1.54) is 49.7 Å². The predicted octanol–water partition coefficient (Wildman–Crippen LogP) is 6.57. The monoisotopic (exact) mass is 412 g/mol. The summed E-state index contributed by atoms with van der Waals surface area (Å²) in [4.78, 5) is 5.17. The van der Waals surface area contributed by atoms with Gasteiger partial charge in [0.2, 0.25) is 0 Å². The van der Waals surface area contributed by atoms with Crippen LogP contribution in [0.25, 0.3) is 0 Å². The third-order valence-corrected chi connectivity index (χ3v) is 8.86. The van der Waals surface area contributed by atoms with Crippen LogP contribution in [0.5, 0.6) is 0 Å². The molecule has 2 fully saturated rings. The molecule has 2 heterocycles. The summed E-state index contributed by atoms with van der Waals surface area (Å²) in [5.74, 6) is 1.54. The molecule has 2 nitrogen and oxygen atoms in total. The van der Waals surface area contributed by atoms with Crippen LogP contribution in [0.1, 0.15) is 92.2 Å². The average Bonchev–Trinajstić information content (AvgIpc) is 2.58. The van der Waals surface area contributed by atoms with E-state index in [4.69, 9.17) is 0 Å². The first-order valence-corrected chi connectivity index (χ1v) is 12.2. The van der Waals surface area contributed by atoms with Gasteiger partial charge in [0.25, 0.3) is 0 Å². The molecule has 30 heavy (non-hydrogen) atoms. The molecular weight excluding hydrogens is 364 g/mol. The Morgan fingerprint density at radius 2 is 0.800 bits per heavy atom. The molecule has 0 atom stereocenters. The quantitative estimate of drug-likeness (QED) is 0.552. The van der Waals surface area contributed by atoms with E-state index in [9.17, 15) is 0 Å². The lowest BCUT2D eigenvalue weighted by Crippen LogP contribution is -2.58. The molecular formula is C28H48N2. The first kappa shape index (κ1) is 23.8. The topological polar surface area (TPSA) is 6.48 Å². The van der Waals surface area contributed by atoms with Crippen LogP contribution >= 0.6 is 0 Å². The van der Waals surface area contributed by atoms with Gasteiger partial charge in [-0.1, -0.05) is 24.3 Å². The van der Waals surface area contributed by atoms with Gasteiger partial charge in [0, 0.05) is 22.2 Å². The number of likely N-dealkylation sites (tertiary alicyclic amines) is 2. The van der Waals surface area contributed by atoms with E-state index < -0.39 is 0 Å². The average molecular weight is 413 g/mol. The third kappa shape index (κ3) is 4.96. The maximum atomic E-state index is 2.59. The Morgan fingerprint density at radius 3 is 1.03 bits per heavy atom. The number of hydrogen-bond donors (Lipinski definition) is 0. The van der Waals surface area contributed by atoms with Crippen LogP contribution in [-0.4, -0.2) is 46.1 Å². The van der Waals surface area contributed by atoms with Gasteiger partial charge in [0.1, 0.15) is 0 Å². The molecule has 2 saturated heterocycles. The van der Waals surface area contributed by atoms with Gasteiger partial charge < -0.3 is 0 Å². The van der Waals surface area contributed by atoms with E-state index in [0.717, 1.165) is 11.8 Å². The lowest BCUT2D eigenvalue weighted by molar-refractivity contribution is -0.0301. The molecule has 0 saturated carbocycles. The molecule has 0 aliphatic carbocycles. The largest absolute Gasteiger partial charge is 0.296 e. The fourth-order valence-corrected chi connectivity index (χ4v) is 6.92. The number of benzene rings is 1. The Hall–Kier alpha value is -0.860. The normalized spacial score (nSPS) is 27.3. The minimum Gasteiger partial charge on any atom is -0.296 e. The van der Waals surface area contributed by atoms with Gasteiger partial charge in [0.15, 0.2) is 0 Å². The molecule has 3 rings (SSSR count). The first-order valence-electron chi connectivity index (χ1n) is 12.2. The van der Waals surface area contributed by atoms with Gasteiger partial charge in [0.05, 0.1) is 0 Å². The first-order chi connectivity index (χ1) is 13.6. The highest BCUT2D eigenvalue weighted by Gasteiger charge is 2.43. The standard InChI is InChI=1S/C28H48N2/c1-25(2)17-23(18-26(3,4)29(25)9)15-21-11-13-22(14-12-21)16-24-19-27(5,6)30(10)28(7,8)20-24/h11-14,23-24H,15-20H2,1-10H3. The molecule has 0 radical (unpaired) electrons. The Balaban J connectivity index is 1.63. The van der Waals surface area contributed by atoms with Crippen molar-refractivity contribution in [2.45, 2.75) is 116 Å². The zero-order valence-electron chi connectivity index (χ0n) is 21.6. The lowest BCUT2D eigenvalue weighted by atomic mass is 9.71. The van der Waals surface area contributed by atoms with Crippen molar-refractivity contribution in [3.63, 3.8) is 0 Å². The summed E-state index contributed by atoms with van der Waals surface area (Å²) in [5, 5.41) is 0. The molecule has 2 heteroatoms. The van der Waals surface area contributed by atoms with Crippen molar-refractivity contribution in [1.82, 2.24) is 9.80 Å². The third-order valence-electron chi connectivity index (χ3n) is 8.86. The SMILES string of the molecule is CN1C(C)(C)CC(Cc2ccc(CC3CC(C)(C)N(C)C(C)(C)C3)cc2)CC1(C)C. The molecule has 170 valence electrons. The highest BCUT2D eigenvalue weighted by molar-refractivity contribution is 5.24. The van der Waals surface area contributed by atoms with Crippen molar-refractivity contribution in [1.29, 1.82) is 0 Å². The Morgan fingerprint density at radius 1 is 0.567 bits per heavy atom. The Kier molecular flexibility index (Phi) is 6.29. The summed E-state index contributed by atoms with van der Waals surface area (Å²) in [7, 11) is 4.60. The van der Waals surface area contributed by atoms with Gasteiger partial charge in [-0.3, -0.25) is 9.80 Å². The minimum absolute atomic E-state index is 0.278. The van der Waals surface area contributed by atoms with Gasteiger partial charge in [-0.05, 0) is 131 Å². The number of hydrogen-bond acceptors (Lipinski definition) is 2. The molecule has 0 amide bonds. The highest BCUT2D eigenvalue weighted by atomic mass is 15.2. The van der Waals surface area contributed by atoms with Crippen LogP contribution < -0.4 is 0 Å². The molecule has 2 aliphatic rings. The van der Waals surface area contributed by atoms with E-state index in [1.54, 1.807) is 0 Å². The molecule has 1 aromatic carbocycles. The maximum absolute atomic E-state index is 2.59. The molecule has 0 bridgehead atoms. The van der Waals surface area contributed by atoms with Gasteiger partial charge >= 0.3 is 0 Å². The molecule has 0 N–H and O–H groups in total. The second-order valence-electron chi connectivity index (χ2n) is 13.1. The fraction of sp³-hybridized carbons (Fsp3) is 0.786. The number of rotatable bonds is 4. The second-order valence-corrected chi connectivity index (χ2v) is 13.1. The van der Waals surface area contributed by atoms with Crippen molar-refractivity contribution in [2.24, 2.45) is 11.8 Å². The van der Waals surface area contributed by atoms with Crippen molar-refractivity contribution in [3.8, 4) is 0 Å². The zero-order chi connectivity index (χ0) is 22.5.